The number of aryl methyl sites for hydroxylation is 4. The van der Waals surface area contributed by atoms with Gasteiger partial charge in [-0.05, 0) is 19.4 Å². The predicted octanol–water partition coefficient (Wildman–Crippen LogP) is 2.72. The van der Waals surface area contributed by atoms with E-state index >= 15 is 0 Å². The summed E-state index contributed by atoms with van der Waals surface area (Å²) in [6, 6.07) is 6.25. The molecule has 2 rings (SSSR count). The zero-order valence-corrected chi connectivity index (χ0v) is 11.5. The minimum absolute atomic E-state index is 0.114. The van der Waals surface area contributed by atoms with Crippen molar-refractivity contribution in [1.29, 1.82) is 0 Å². The van der Waals surface area contributed by atoms with Crippen LogP contribution in [0.3, 0.4) is 0 Å². The Kier molecular flexibility index (Phi) is 3.69. The molecule has 0 radical (unpaired) electrons. The maximum Gasteiger partial charge on any atom is 0.303 e. The van der Waals surface area contributed by atoms with Crippen LogP contribution < -0.4 is 0 Å². The van der Waals surface area contributed by atoms with Gasteiger partial charge in [0.15, 0.2) is 0 Å². The number of aliphatic carboxylic acids is 1. The molecule has 0 atom stereocenters. The lowest BCUT2D eigenvalue weighted by atomic mass is 10.1. The van der Waals surface area contributed by atoms with Crippen LogP contribution in [0.5, 0.6) is 0 Å². The Morgan fingerprint density at radius 2 is 2.11 bits per heavy atom. The Morgan fingerprint density at radius 3 is 2.74 bits per heavy atom. The molecule has 0 spiro atoms. The minimum atomic E-state index is -0.793. The van der Waals surface area contributed by atoms with Crippen LogP contribution in [0.15, 0.2) is 24.4 Å². The van der Waals surface area contributed by atoms with Crippen molar-refractivity contribution in [1.82, 2.24) is 9.55 Å². The van der Waals surface area contributed by atoms with Crippen LogP contribution in [0.2, 0.25) is 0 Å². The van der Waals surface area contributed by atoms with E-state index in [-0.39, 0.29) is 6.42 Å². The van der Waals surface area contributed by atoms with Crippen LogP contribution in [-0.4, -0.2) is 20.6 Å². The second kappa shape index (κ2) is 5.26. The number of imidazole rings is 1. The lowest BCUT2D eigenvalue weighted by Crippen LogP contribution is -1.97. The van der Waals surface area contributed by atoms with Gasteiger partial charge in [0.2, 0.25) is 0 Å². The number of carboxylic acid groups (broad SMARTS) is 1. The average molecular weight is 258 g/mol. The summed E-state index contributed by atoms with van der Waals surface area (Å²) in [6.07, 6.45) is 2.48. The standard InChI is InChI=1S/C15H18N2O2/c1-10-4-6-13(11(2)8-10)15-16-12(9-17(15)3)5-7-14(18)19/h4,6,8-9H,5,7H2,1-3H3,(H,18,19). The van der Waals surface area contributed by atoms with E-state index in [1.165, 1.54) is 11.1 Å². The van der Waals surface area contributed by atoms with E-state index in [9.17, 15) is 4.79 Å². The second-order valence-corrected chi connectivity index (χ2v) is 4.88. The Labute approximate surface area is 112 Å². The molecule has 2 aromatic rings. The van der Waals surface area contributed by atoms with Crippen LogP contribution in [0.25, 0.3) is 11.4 Å². The van der Waals surface area contributed by atoms with Crippen LogP contribution in [0, 0.1) is 13.8 Å². The molecule has 0 saturated heterocycles. The maximum atomic E-state index is 10.6. The summed E-state index contributed by atoms with van der Waals surface area (Å²) in [6.45, 7) is 4.13. The molecule has 100 valence electrons. The molecule has 0 aliphatic heterocycles. The highest BCUT2D eigenvalue weighted by atomic mass is 16.4. The fraction of sp³-hybridized carbons (Fsp3) is 0.333. The summed E-state index contributed by atoms with van der Waals surface area (Å²) < 4.78 is 1.95. The molecule has 0 aliphatic carbocycles. The van der Waals surface area contributed by atoms with Gasteiger partial charge in [-0.3, -0.25) is 4.79 Å². The Balaban J connectivity index is 2.32. The molecule has 1 aromatic carbocycles. The minimum Gasteiger partial charge on any atom is -0.481 e. The molecule has 1 N–H and O–H groups in total. The fourth-order valence-electron chi connectivity index (χ4n) is 2.20. The SMILES string of the molecule is Cc1ccc(-c2nc(CCC(=O)O)cn2C)c(C)c1. The van der Waals surface area contributed by atoms with E-state index in [0.29, 0.717) is 6.42 Å². The molecule has 19 heavy (non-hydrogen) atoms. The summed E-state index contributed by atoms with van der Waals surface area (Å²) >= 11 is 0. The van der Waals surface area contributed by atoms with Gasteiger partial charge in [-0.15, -0.1) is 0 Å². The summed E-state index contributed by atoms with van der Waals surface area (Å²) in [5.74, 6) is 0.0941. The Morgan fingerprint density at radius 1 is 1.37 bits per heavy atom. The van der Waals surface area contributed by atoms with Crippen molar-refractivity contribution in [3.63, 3.8) is 0 Å². The lowest BCUT2D eigenvalue weighted by molar-refractivity contribution is -0.136. The van der Waals surface area contributed by atoms with Gasteiger partial charge in [0.25, 0.3) is 0 Å². The van der Waals surface area contributed by atoms with Gasteiger partial charge in [-0.2, -0.15) is 0 Å². The van der Waals surface area contributed by atoms with E-state index in [2.05, 4.69) is 37.0 Å². The third-order valence-corrected chi connectivity index (χ3v) is 3.14. The monoisotopic (exact) mass is 258 g/mol. The van der Waals surface area contributed by atoms with Crippen LogP contribution in [0.4, 0.5) is 0 Å². The van der Waals surface area contributed by atoms with Crippen molar-refractivity contribution in [3.05, 3.63) is 41.2 Å². The lowest BCUT2D eigenvalue weighted by Gasteiger charge is -2.06. The van der Waals surface area contributed by atoms with Gasteiger partial charge in [0.05, 0.1) is 12.1 Å². The van der Waals surface area contributed by atoms with E-state index in [0.717, 1.165) is 17.1 Å². The molecule has 0 aliphatic rings. The summed E-state index contributed by atoms with van der Waals surface area (Å²) in [5.41, 5.74) is 4.31. The van der Waals surface area contributed by atoms with Crippen molar-refractivity contribution in [2.45, 2.75) is 26.7 Å². The fourth-order valence-corrected chi connectivity index (χ4v) is 2.20. The van der Waals surface area contributed by atoms with Gasteiger partial charge in [-0.1, -0.05) is 23.8 Å². The van der Waals surface area contributed by atoms with Gasteiger partial charge in [-0.25, -0.2) is 4.98 Å². The molecule has 0 fully saturated rings. The first kappa shape index (κ1) is 13.3. The van der Waals surface area contributed by atoms with Crippen LogP contribution in [0.1, 0.15) is 23.2 Å². The van der Waals surface area contributed by atoms with Crippen molar-refractivity contribution >= 4 is 5.97 Å². The number of aromatic nitrogens is 2. The first-order valence-corrected chi connectivity index (χ1v) is 6.29. The Bertz CT molecular complexity index is 615. The molecule has 0 bridgehead atoms. The zero-order valence-electron chi connectivity index (χ0n) is 11.5. The quantitative estimate of drug-likeness (QED) is 0.917. The van der Waals surface area contributed by atoms with E-state index < -0.39 is 5.97 Å². The molecular formula is C15H18N2O2. The molecule has 0 amide bonds. The Hall–Kier alpha value is -2.10. The van der Waals surface area contributed by atoms with Crippen molar-refractivity contribution in [2.24, 2.45) is 7.05 Å². The highest BCUT2D eigenvalue weighted by molar-refractivity contribution is 5.67. The summed E-state index contributed by atoms with van der Waals surface area (Å²) in [7, 11) is 1.94. The number of carbonyl (C=O) groups is 1. The molecule has 4 heteroatoms. The van der Waals surface area contributed by atoms with Crippen molar-refractivity contribution in [2.75, 3.05) is 0 Å². The van der Waals surface area contributed by atoms with Crippen LogP contribution in [-0.2, 0) is 18.3 Å². The number of hydrogen-bond donors (Lipinski definition) is 1. The van der Waals surface area contributed by atoms with Gasteiger partial charge in [0.1, 0.15) is 5.82 Å². The van der Waals surface area contributed by atoms with Gasteiger partial charge >= 0.3 is 5.97 Å². The van der Waals surface area contributed by atoms with Crippen LogP contribution >= 0.6 is 0 Å². The first-order chi connectivity index (χ1) is 8.97. The largest absolute Gasteiger partial charge is 0.481 e. The average Bonchev–Trinajstić information content (AvgIpc) is 2.68. The van der Waals surface area contributed by atoms with E-state index in [4.69, 9.17) is 5.11 Å². The summed E-state index contributed by atoms with van der Waals surface area (Å²) in [5, 5.41) is 8.71. The number of rotatable bonds is 4. The summed E-state index contributed by atoms with van der Waals surface area (Å²) in [4.78, 5) is 15.1. The second-order valence-electron chi connectivity index (χ2n) is 4.88. The van der Waals surface area contributed by atoms with Gasteiger partial charge < -0.3 is 9.67 Å². The molecule has 1 aromatic heterocycles. The van der Waals surface area contributed by atoms with Gasteiger partial charge in [0, 0.05) is 25.2 Å². The molecule has 1 heterocycles. The van der Waals surface area contributed by atoms with Crippen molar-refractivity contribution in [3.8, 4) is 11.4 Å². The third kappa shape index (κ3) is 3.02. The number of hydrogen-bond acceptors (Lipinski definition) is 2. The highest BCUT2D eigenvalue weighted by Crippen LogP contribution is 2.23. The topological polar surface area (TPSA) is 55.1 Å². The number of benzene rings is 1. The predicted molar refractivity (Wildman–Crippen MR) is 74.1 cm³/mol. The zero-order chi connectivity index (χ0) is 14.0. The number of carboxylic acids is 1. The van der Waals surface area contributed by atoms with Crippen molar-refractivity contribution < 1.29 is 9.90 Å². The third-order valence-electron chi connectivity index (χ3n) is 3.14. The first-order valence-electron chi connectivity index (χ1n) is 6.29. The highest BCUT2D eigenvalue weighted by Gasteiger charge is 2.11. The van der Waals surface area contributed by atoms with E-state index in [1.807, 2.05) is 17.8 Å². The molecule has 4 nitrogen and oxygen atoms in total. The van der Waals surface area contributed by atoms with E-state index in [1.54, 1.807) is 0 Å². The normalized spacial score (nSPS) is 10.7. The maximum absolute atomic E-state index is 10.6. The molecule has 0 unspecified atom stereocenters. The number of nitrogens with zero attached hydrogens (tertiary/aromatic N) is 2. The molecule has 0 saturated carbocycles. The molecular weight excluding hydrogens is 240 g/mol. The smallest absolute Gasteiger partial charge is 0.303 e.